The Bertz CT molecular complexity index is 841. The van der Waals surface area contributed by atoms with Gasteiger partial charge in [0.25, 0.3) is 0 Å². The van der Waals surface area contributed by atoms with Crippen molar-refractivity contribution in [3.05, 3.63) is 65.2 Å². The van der Waals surface area contributed by atoms with E-state index in [4.69, 9.17) is 0 Å². The maximum absolute atomic E-state index is 13.4. The van der Waals surface area contributed by atoms with E-state index in [2.05, 4.69) is 10.6 Å². The first-order valence-corrected chi connectivity index (χ1v) is 8.30. The van der Waals surface area contributed by atoms with Crippen molar-refractivity contribution in [2.24, 2.45) is 0 Å². The molecule has 0 bridgehead atoms. The van der Waals surface area contributed by atoms with Crippen molar-refractivity contribution < 1.29 is 18.4 Å². The molecule has 1 saturated heterocycles. The predicted molar refractivity (Wildman–Crippen MR) is 93.7 cm³/mol. The van der Waals surface area contributed by atoms with E-state index in [1.165, 1.54) is 23.1 Å². The van der Waals surface area contributed by atoms with Crippen LogP contribution in [0.3, 0.4) is 0 Å². The van der Waals surface area contributed by atoms with Crippen LogP contribution in [0.15, 0.2) is 42.5 Å². The molecule has 26 heavy (non-hydrogen) atoms. The molecule has 1 aliphatic heterocycles. The zero-order valence-electron chi connectivity index (χ0n) is 14.3. The fraction of sp³-hybridized carbons (Fsp3) is 0.263. The number of halogens is 2. The summed E-state index contributed by atoms with van der Waals surface area (Å²) in [6.07, 6.45) is 0.461. The zero-order chi connectivity index (χ0) is 18.7. The predicted octanol–water partition coefficient (Wildman–Crippen LogP) is 2.88. The molecule has 2 aromatic carbocycles. The number of urea groups is 1. The van der Waals surface area contributed by atoms with Crippen LogP contribution >= 0.6 is 0 Å². The molecule has 136 valence electrons. The molecule has 0 aromatic heterocycles. The van der Waals surface area contributed by atoms with E-state index >= 15 is 0 Å². The monoisotopic (exact) mass is 359 g/mol. The highest BCUT2D eigenvalue weighted by Gasteiger charge is 2.33. The molecule has 0 aliphatic carbocycles. The minimum Gasteiger partial charge on any atom is -0.334 e. The van der Waals surface area contributed by atoms with Crippen LogP contribution in [-0.2, 0) is 11.3 Å². The molecule has 2 aromatic rings. The van der Waals surface area contributed by atoms with E-state index in [1.54, 1.807) is 31.2 Å². The summed E-state index contributed by atoms with van der Waals surface area (Å²) in [4.78, 5) is 26.0. The second-order valence-electron chi connectivity index (χ2n) is 6.22. The van der Waals surface area contributed by atoms with Crippen molar-refractivity contribution in [3.8, 4) is 0 Å². The molecule has 0 saturated carbocycles. The number of benzene rings is 2. The lowest BCUT2D eigenvalue weighted by Crippen LogP contribution is -2.46. The fourth-order valence-corrected chi connectivity index (χ4v) is 2.91. The van der Waals surface area contributed by atoms with E-state index in [0.717, 1.165) is 0 Å². The lowest BCUT2D eigenvalue weighted by molar-refractivity contribution is -0.118. The third-order valence-corrected chi connectivity index (χ3v) is 4.31. The lowest BCUT2D eigenvalue weighted by atomic mass is 10.2. The summed E-state index contributed by atoms with van der Waals surface area (Å²) >= 11 is 0. The van der Waals surface area contributed by atoms with E-state index < -0.39 is 12.1 Å². The summed E-state index contributed by atoms with van der Waals surface area (Å²) in [7, 11) is 0. The topological polar surface area (TPSA) is 61.4 Å². The van der Waals surface area contributed by atoms with Gasteiger partial charge in [-0.25, -0.2) is 13.6 Å². The normalized spacial score (nSPS) is 16.7. The SMILES string of the molecule is Cc1cc(N2CC[C@@H](NC(=O)NCc3cccc(F)c3)C2=O)ccc1F. The van der Waals surface area contributed by atoms with Crippen molar-refractivity contribution in [1.82, 2.24) is 10.6 Å². The summed E-state index contributed by atoms with van der Waals surface area (Å²) in [5, 5.41) is 5.24. The fourth-order valence-electron chi connectivity index (χ4n) is 2.91. The Morgan fingerprint density at radius 2 is 2.04 bits per heavy atom. The minimum atomic E-state index is -0.645. The molecule has 3 rings (SSSR count). The average molecular weight is 359 g/mol. The van der Waals surface area contributed by atoms with Crippen LogP contribution in [0.25, 0.3) is 0 Å². The molecule has 7 heteroatoms. The summed E-state index contributed by atoms with van der Waals surface area (Å²) in [6.45, 7) is 2.24. The first kappa shape index (κ1) is 17.8. The summed E-state index contributed by atoms with van der Waals surface area (Å²) in [6, 6.07) is 9.26. The maximum atomic E-state index is 13.4. The smallest absolute Gasteiger partial charge is 0.315 e. The molecule has 0 radical (unpaired) electrons. The van der Waals surface area contributed by atoms with Gasteiger partial charge in [-0.2, -0.15) is 0 Å². The van der Waals surface area contributed by atoms with Crippen LogP contribution in [0.2, 0.25) is 0 Å². The van der Waals surface area contributed by atoms with Gasteiger partial charge in [-0.1, -0.05) is 12.1 Å². The van der Waals surface area contributed by atoms with Gasteiger partial charge in [0, 0.05) is 18.8 Å². The van der Waals surface area contributed by atoms with Gasteiger partial charge < -0.3 is 15.5 Å². The number of aryl methyl sites for hydroxylation is 1. The van der Waals surface area contributed by atoms with Crippen molar-refractivity contribution in [2.45, 2.75) is 25.9 Å². The summed E-state index contributed by atoms with van der Waals surface area (Å²) < 4.78 is 26.5. The lowest BCUT2D eigenvalue weighted by Gasteiger charge is -2.18. The average Bonchev–Trinajstić information content (AvgIpc) is 2.96. The van der Waals surface area contributed by atoms with Crippen LogP contribution in [0.4, 0.5) is 19.3 Å². The minimum absolute atomic E-state index is 0.158. The highest BCUT2D eigenvalue weighted by Crippen LogP contribution is 2.23. The van der Waals surface area contributed by atoms with Gasteiger partial charge in [0.2, 0.25) is 5.91 Å². The van der Waals surface area contributed by atoms with E-state index in [9.17, 15) is 18.4 Å². The van der Waals surface area contributed by atoms with Gasteiger partial charge in [-0.05, 0) is 54.8 Å². The number of anilines is 1. The Kier molecular flexibility index (Phi) is 5.16. The Hall–Kier alpha value is -2.96. The number of rotatable bonds is 4. The van der Waals surface area contributed by atoms with Crippen molar-refractivity contribution in [3.63, 3.8) is 0 Å². The third-order valence-electron chi connectivity index (χ3n) is 4.31. The second kappa shape index (κ2) is 7.51. The molecule has 1 fully saturated rings. The summed E-state index contributed by atoms with van der Waals surface area (Å²) in [5.74, 6) is -0.940. The molecule has 1 aliphatic rings. The Balaban J connectivity index is 1.56. The molecule has 3 amide bonds. The number of hydrogen-bond acceptors (Lipinski definition) is 2. The number of carbonyl (C=O) groups excluding carboxylic acids is 2. The van der Waals surface area contributed by atoms with E-state index in [-0.39, 0.29) is 24.1 Å². The van der Waals surface area contributed by atoms with E-state index in [0.29, 0.717) is 29.8 Å². The van der Waals surface area contributed by atoms with Gasteiger partial charge in [-0.15, -0.1) is 0 Å². The highest BCUT2D eigenvalue weighted by molar-refractivity contribution is 6.01. The first-order chi connectivity index (χ1) is 12.4. The molecule has 0 spiro atoms. The van der Waals surface area contributed by atoms with Crippen LogP contribution in [0.5, 0.6) is 0 Å². The summed E-state index contributed by atoms with van der Waals surface area (Å²) in [5.41, 5.74) is 1.69. The molecular formula is C19H19F2N3O2. The van der Waals surface area contributed by atoms with Crippen molar-refractivity contribution in [1.29, 1.82) is 0 Å². The Morgan fingerprint density at radius 1 is 1.23 bits per heavy atom. The number of nitrogens with zero attached hydrogens (tertiary/aromatic N) is 1. The molecule has 1 atom stereocenters. The molecule has 5 nitrogen and oxygen atoms in total. The molecular weight excluding hydrogens is 340 g/mol. The van der Waals surface area contributed by atoms with Crippen molar-refractivity contribution >= 4 is 17.6 Å². The zero-order valence-corrected chi connectivity index (χ0v) is 14.3. The number of carbonyl (C=O) groups is 2. The van der Waals surface area contributed by atoms with Crippen LogP contribution < -0.4 is 15.5 Å². The van der Waals surface area contributed by atoms with Crippen molar-refractivity contribution in [2.75, 3.05) is 11.4 Å². The van der Waals surface area contributed by atoms with Gasteiger partial charge in [0.1, 0.15) is 17.7 Å². The van der Waals surface area contributed by atoms with Gasteiger partial charge in [0.15, 0.2) is 0 Å². The molecule has 1 heterocycles. The Labute approximate surface area is 150 Å². The van der Waals surface area contributed by atoms with E-state index in [1.807, 2.05) is 0 Å². The maximum Gasteiger partial charge on any atom is 0.315 e. The van der Waals surface area contributed by atoms with Gasteiger partial charge >= 0.3 is 6.03 Å². The highest BCUT2D eigenvalue weighted by atomic mass is 19.1. The number of hydrogen-bond donors (Lipinski definition) is 2. The van der Waals surface area contributed by atoms with Gasteiger partial charge in [-0.3, -0.25) is 4.79 Å². The number of nitrogens with one attached hydrogen (secondary N) is 2. The third kappa shape index (κ3) is 3.99. The standard InChI is InChI=1S/C19H19F2N3O2/c1-12-9-15(5-6-16(12)21)24-8-7-17(18(24)25)23-19(26)22-11-13-3-2-4-14(20)10-13/h2-6,9-10,17H,7-8,11H2,1H3,(H2,22,23,26)/t17-/m1/s1. The van der Waals surface area contributed by atoms with Crippen LogP contribution in [-0.4, -0.2) is 24.5 Å². The first-order valence-electron chi connectivity index (χ1n) is 8.30. The Morgan fingerprint density at radius 3 is 2.77 bits per heavy atom. The second-order valence-corrected chi connectivity index (χ2v) is 6.22. The van der Waals surface area contributed by atoms with Crippen LogP contribution in [0.1, 0.15) is 17.5 Å². The van der Waals surface area contributed by atoms with Gasteiger partial charge in [0.05, 0.1) is 0 Å². The number of amides is 3. The largest absolute Gasteiger partial charge is 0.334 e. The molecule has 2 N–H and O–H groups in total. The quantitative estimate of drug-likeness (QED) is 0.882. The molecule has 0 unspecified atom stereocenters. The van der Waals surface area contributed by atoms with Crippen LogP contribution in [0, 0.1) is 18.6 Å².